The number of hydrogen-bond acceptors (Lipinski definition) is 3. The number of rotatable bonds is 4. The van der Waals surface area contributed by atoms with Crippen molar-refractivity contribution in [2.75, 3.05) is 31.6 Å². The largest absolute Gasteiger partial charge is 0.371 e. The molecule has 0 aliphatic carbocycles. The van der Waals surface area contributed by atoms with E-state index in [0.717, 1.165) is 51.2 Å². The number of benzene rings is 1. The molecule has 1 aromatic rings. The standard InChI is InChI=1S/C16H24B2N2O2/c1-3-7-20-8-9-22-13(10-20)11-5-4-6-12-14(11)16(17,18-2)15(21)19-12/h4-6,13,18H,3,7-10,17H2,1-2H3,(H,19,21). The zero-order valence-electron chi connectivity index (χ0n) is 13.8. The molecule has 4 nitrogen and oxygen atoms in total. The second kappa shape index (κ2) is 6.09. The van der Waals surface area contributed by atoms with Crippen molar-refractivity contribution in [3.05, 3.63) is 29.3 Å². The quantitative estimate of drug-likeness (QED) is 0.832. The van der Waals surface area contributed by atoms with Gasteiger partial charge < -0.3 is 10.1 Å². The molecule has 0 radical (unpaired) electrons. The first-order valence-electron chi connectivity index (χ1n) is 8.39. The molecule has 6 heteroatoms. The number of morpholine rings is 1. The summed E-state index contributed by atoms with van der Waals surface area (Å²) in [4.78, 5) is 14.9. The monoisotopic (exact) mass is 298 g/mol. The molecule has 1 N–H and O–H groups in total. The summed E-state index contributed by atoms with van der Waals surface area (Å²) in [6, 6.07) is 6.16. The summed E-state index contributed by atoms with van der Waals surface area (Å²) in [5.74, 6) is 0.110. The highest BCUT2D eigenvalue weighted by molar-refractivity contribution is 6.63. The van der Waals surface area contributed by atoms with E-state index in [9.17, 15) is 4.79 Å². The Labute approximate surface area is 134 Å². The Balaban J connectivity index is 1.96. The highest BCUT2D eigenvalue weighted by Crippen LogP contribution is 2.41. The minimum absolute atomic E-state index is 0.0637. The molecular formula is C16H24B2N2O2. The van der Waals surface area contributed by atoms with Gasteiger partial charge >= 0.3 is 0 Å². The van der Waals surface area contributed by atoms with Gasteiger partial charge in [0, 0.05) is 24.0 Å². The molecule has 2 unspecified atom stereocenters. The van der Waals surface area contributed by atoms with Gasteiger partial charge in [-0.2, -0.15) is 0 Å². The molecule has 2 heterocycles. The van der Waals surface area contributed by atoms with Gasteiger partial charge in [-0.25, -0.2) is 0 Å². The minimum Gasteiger partial charge on any atom is -0.371 e. The Morgan fingerprint density at radius 3 is 3.09 bits per heavy atom. The Bertz CT molecular complexity index is 579. The van der Waals surface area contributed by atoms with Gasteiger partial charge in [0.15, 0.2) is 0 Å². The minimum atomic E-state index is -0.442. The van der Waals surface area contributed by atoms with Crippen molar-refractivity contribution in [3.8, 4) is 0 Å². The number of amides is 1. The summed E-state index contributed by atoms with van der Waals surface area (Å²) >= 11 is 0. The van der Waals surface area contributed by atoms with Gasteiger partial charge in [-0.1, -0.05) is 25.9 Å². The van der Waals surface area contributed by atoms with Gasteiger partial charge in [0.1, 0.15) is 15.1 Å². The molecule has 2 atom stereocenters. The van der Waals surface area contributed by atoms with E-state index in [2.05, 4.69) is 30.0 Å². The molecular weight excluding hydrogens is 274 g/mol. The first-order valence-corrected chi connectivity index (χ1v) is 8.39. The zero-order valence-corrected chi connectivity index (χ0v) is 13.8. The summed E-state index contributed by atoms with van der Waals surface area (Å²) in [6.45, 7) is 8.08. The number of fused-ring (bicyclic) bond motifs is 1. The van der Waals surface area contributed by atoms with Crippen molar-refractivity contribution in [1.82, 2.24) is 4.90 Å². The highest BCUT2D eigenvalue weighted by Gasteiger charge is 2.44. The second-order valence-electron chi connectivity index (χ2n) is 6.57. The van der Waals surface area contributed by atoms with Crippen LogP contribution in [-0.4, -0.2) is 52.2 Å². The Kier molecular flexibility index (Phi) is 4.33. The zero-order chi connectivity index (χ0) is 15.7. The third kappa shape index (κ3) is 2.48. The summed E-state index contributed by atoms with van der Waals surface area (Å²) in [5.41, 5.74) is 3.29. The van der Waals surface area contributed by atoms with Crippen molar-refractivity contribution in [1.29, 1.82) is 0 Å². The molecule has 116 valence electrons. The number of anilines is 1. The molecule has 0 aromatic heterocycles. The average molecular weight is 298 g/mol. The van der Waals surface area contributed by atoms with Gasteiger partial charge in [0.05, 0.1) is 12.7 Å². The van der Waals surface area contributed by atoms with Gasteiger partial charge in [-0.15, -0.1) is 0 Å². The number of ether oxygens (including phenoxy) is 1. The maximum absolute atomic E-state index is 12.4. The number of nitrogens with zero attached hydrogens (tertiary/aromatic N) is 1. The van der Waals surface area contributed by atoms with E-state index in [1.807, 2.05) is 20.0 Å². The molecule has 3 rings (SSSR count). The molecule has 1 amide bonds. The van der Waals surface area contributed by atoms with Crippen molar-refractivity contribution in [2.24, 2.45) is 0 Å². The van der Waals surface area contributed by atoms with Gasteiger partial charge in [-0.3, -0.25) is 9.69 Å². The summed E-state index contributed by atoms with van der Waals surface area (Å²) < 4.78 is 6.06. The number of nitrogens with one attached hydrogen (secondary N) is 1. The number of carbonyl (C=O) groups is 1. The van der Waals surface area contributed by atoms with Crippen LogP contribution in [0.4, 0.5) is 5.69 Å². The molecule has 22 heavy (non-hydrogen) atoms. The van der Waals surface area contributed by atoms with Crippen LogP contribution in [0.5, 0.6) is 0 Å². The van der Waals surface area contributed by atoms with Crippen LogP contribution in [0, 0.1) is 0 Å². The first-order chi connectivity index (χ1) is 10.6. The van der Waals surface area contributed by atoms with Crippen LogP contribution in [0.1, 0.15) is 30.6 Å². The molecule has 1 saturated heterocycles. The second-order valence-corrected chi connectivity index (χ2v) is 6.57. The predicted molar refractivity (Wildman–Crippen MR) is 93.7 cm³/mol. The lowest BCUT2D eigenvalue weighted by molar-refractivity contribution is -0.116. The highest BCUT2D eigenvalue weighted by atomic mass is 16.5. The summed E-state index contributed by atoms with van der Waals surface area (Å²) in [5, 5.41) is 2.60. The fraction of sp³-hybridized carbons (Fsp3) is 0.562. The third-order valence-electron chi connectivity index (χ3n) is 5.14. The van der Waals surface area contributed by atoms with E-state index in [1.54, 1.807) is 0 Å². The topological polar surface area (TPSA) is 41.6 Å². The van der Waals surface area contributed by atoms with E-state index in [1.165, 1.54) is 5.56 Å². The van der Waals surface area contributed by atoms with Crippen LogP contribution in [0.3, 0.4) is 0 Å². The summed E-state index contributed by atoms with van der Waals surface area (Å²) in [6.07, 6.45) is 1.22. The molecule has 0 saturated carbocycles. The lowest BCUT2D eigenvalue weighted by atomic mass is 9.41. The van der Waals surface area contributed by atoms with Gasteiger partial charge in [-0.05, 0) is 30.2 Å². The maximum atomic E-state index is 12.4. The van der Waals surface area contributed by atoms with E-state index in [4.69, 9.17) is 4.74 Å². The van der Waals surface area contributed by atoms with Gasteiger partial charge in [0.25, 0.3) is 0 Å². The van der Waals surface area contributed by atoms with E-state index >= 15 is 0 Å². The molecule has 0 bridgehead atoms. The van der Waals surface area contributed by atoms with Crippen molar-refractivity contribution in [3.63, 3.8) is 0 Å². The molecule has 2 aliphatic heterocycles. The fourth-order valence-electron chi connectivity index (χ4n) is 3.68. The molecule has 0 spiro atoms. The van der Waals surface area contributed by atoms with E-state index < -0.39 is 5.21 Å². The molecule has 1 aromatic carbocycles. The number of hydrogen-bond donors (Lipinski definition) is 1. The van der Waals surface area contributed by atoms with Gasteiger partial charge in [0.2, 0.25) is 5.91 Å². The Morgan fingerprint density at radius 2 is 2.36 bits per heavy atom. The van der Waals surface area contributed by atoms with Crippen LogP contribution in [0.2, 0.25) is 6.82 Å². The van der Waals surface area contributed by atoms with Crippen LogP contribution >= 0.6 is 0 Å². The normalized spacial score (nSPS) is 28.3. The van der Waals surface area contributed by atoms with Crippen molar-refractivity contribution in [2.45, 2.75) is 31.5 Å². The van der Waals surface area contributed by atoms with Crippen LogP contribution in [0.15, 0.2) is 18.2 Å². The third-order valence-corrected chi connectivity index (χ3v) is 5.14. The number of carbonyl (C=O) groups excluding carboxylic acids is 1. The van der Waals surface area contributed by atoms with E-state index in [-0.39, 0.29) is 12.0 Å². The fourth-order valence-corrected chi connectivity index (χ4v) is 3.68. The smallest absolute Gasteiger partial charge is 0.219 e. The maximum Gasteiger partial charge on any atom is 0.219 e. The molecule has 1 fully saturated rings. The average Bonchev–Trinajstić information content (AvgIpc) is 2.80. The Hall–Kier alpha value is -1.26. The van der Waals surface area contributed by atoms with Crippen LogP contribution in [-0.2, 0) is 14.7 Å². The summed E-state index contributed by atoms with van der Waals surface area (Å²) in [7, 11) is 2.85. The lowest BCUT2D eigenvalue weighted by Crippen LogP contribution is -2.42. The molecule has 2 aliphatic rings. The van der Waals surface area contributed by atoms with Crippen LogP contribution < -0.4 is 5.32 Å². The first kappa shape index (κ1) is 15.6. The van der Waals surface area contributed by atoms with Crippen molar-refractivity contribution < 1.29 is 9.53 Å². The Morgan fingerprint density at radius 1 is 1.55 bits per heavy atom. The lowest BCUT2D eigenvalue weighted by Gasteiger charge is -2.35. The van der Waals surface area contributed by atoms with Crippen LogP contribution in [0.25, 0.3) is 0 Å². The van der Waals surface area contributed by atoms with E-state index in [0.29, 0.717) is 0 Å². The predicted octanol–water partition coefficient (Wildman–Crippen LogP) is 0.692. The SMILES string of the molecule is BC1(BC)C(=O)Nc2cccc(C3CN(CCC)CCO3)c21. The van der Waals surface area contributed by atoms with Crippen molar-refractivity contribution >= 4 is 26.7 Å².